The van der Waals surface area contributed by atoms with Gasteiger partial charge < -0.3 is 0 Å². The summed E-state index contributed by atoms with van der Waals surface area (Å²) in [7, 11) is -2.79. The molecule has 1 saturated heterocycles. The smallest absolute Gasteiger partial charge is 0.150 e. The predicted molar refractivity (Wildman–Crippen MR) is 72.2 cm³/mol. The molecule has 1 fully saturated rings. The second kappa shape index (κ2) is 5.06. The van der Waals surface area contributed by atoms with Crippen LogP contribution in [0.5, 0.6) is 0 Å². The minimum Gasteiger partial charge on any atom is -0.261 e. The second-order valence-electron chi connectivity index (χ2n) is 4.65. The molecule has 0 N–H and O–H groups in total. The van der Waals surface area contributed by atoms with E-state index in [0.717, 1.165) is 24.1 Å². The fraction of sp³-hybridized carbons (Fsp3) is 0.583. The summed E-state index contributed by atoms with van der Waals surface area (Å²) in [4.78, 5) is 4.55. The average molecular weight is 318 g/mol. The molecule has 0 spiro atoms. The van der Waals surface area contributed by atoms with E-state index in [-0.39, 0.29) is 10.7 Å². The monoisotopic (exact) mass is 317 g/mol. The fourth-order valence-electron chi connectivity index (χ4n) is 2.19. The van der Waals surface area contributed by atoms with Gasteiger partial charge in [0, 0.05) is 23.1 Å². The average Bonchev–Trinajstić information content (AvgIpc) is 2.62. The van der Waals surface area contributed by atoms with Crippen molar-refractivity contribution in [2.24, 2.45) is 5.92 Å². The van der Waals surface area contributed by atoms with E-state index < -0.39 is 9.84 Å². The van der Waals surface area contributed by atoms with E-state index in [1.54, 1.807) is 6.20 Å². The van der Waals surface area contributed by atoms with Crippen molar-refractivity contribution in [1.82, 2.24) is 4.98 Å². The summed E-state index contributed by atoms with van der Waals surface area (Å²) in [5.41, 5.74) is 2.22. The SMILES string of the molecule is Cc1cccnc1CC(Br)C1CCS(=O)(=O)C1. The van der Waals surface area contributed by atoms with Gasteiger partial charge in [-0.25, -0.2) is 8.42 Å². The van der Waals surface area contributed by atoms with E-state index >= 15 is 0 Å². The van der Waals surface area contributed by atoms with Gasteiger partial charge in [0.25, 0.3) is 0 Å². The number of aryl methyl sites for hydroxylation is 1. The lowest BCUT2D eigenvalue weighted by Crippen LogP contribution is -2.19. The Labute approximate surface area is 111 Å². The van der Waals surface area contributed by atoms with Gasteiger partial charge >= 0.3 is 0 Å². The standard InChI is InChI=1S/C12H16BrNO2S/c1-9-3-2-5-14-12(9)7-11(13)10-4-6-17(15,16)8-10/h2-3,5,10-11H,4,6-8H2,1H3. The maximum absolute atomic E-state index is 11.4. The third-order valence-corrected chi connectivity index (χ3v) is 6.15. The Morgan fingerprint density at radius 3 is 2.94 bits per heavy atom. The molecular weight excluding hydrogens is 302 g/mol. The minimum atomic E-state index is -2.79. The van der Waals surface area contributed by atoms with E-state index in [1.807, 2.05) is 19.1 Å². The van der Waals surface area contributed by atoms with Crippen LogP contribution in [0.1, 0.15) is 17.7 Å². The highest BCUT2D eigenvalue weighted by molar-refractivity contribution is 9.09. The molecule has 5 heteroatoms. The van der Waals surface area contributed by atoms with Crippen molar-refractivity contribution >= 4 is 25.8 Å². The van der Waals surface area contributed by atoms with Crippen molar-refractivity contribution in [3.63, 3.8) is 0 Å². The Bertz CT molecular complexity index is 501. The van der Waals surface area contributed by atoms with Crippen LogP contribution in [-0.2, 0) is 16.3 Å². The predicted octanol–water partition coefficient (Wildman–Crippen LogP) is 2.13. The highest BCUT2D eigenvalue weighted by Crippen LogP contribution is 2.28. The van der Waals surface area contributed by atoms with Gasteiger partial charge in [-0.3, -0.25) is 4.98 Å². The summed E-state index contributed by atoms with van der Waals surface area (Å²) < 4.78 is 22.9. The first kappa shape index (κ1) is 13.0. The summed E-state index contributed by atoms with van der Waals surface area (Å²) >= 11 is 3.62. The number of alkyl halides is 1. The maximum atomic E-state index is 11.4. The Balaban J connectivity index is 2.03. The topological polar surface area (TPSA) is 47.0 Å². The van der Waals surface area contributed by atoms with Gasteiger partial charge in [0.1, 0.15) is 0 Å². The third kappa shape index (κ3) is 3.28. The maximum Gasteiger partial charge on any atom is 0.150 e. The molecule has 1 aliphatic rings. The van der Waals surface area contributed by atoms with Crippen molar-refractivity contribution in [1.29, 1.82) is 0 Å². The highest BCUT2D eigenvalue weighted by Gasteiger charge is 2.32. The van der Waals surface area contributed by atoms with Crippen molar-refractivity contribution in [2.75, 3.05) is 11.5 Å². The van der Waals surface area contributed by atoms with Crippen LogP contribution in [0.15, 0.2) is 18.3 Å². The lowest BCUT2D eigenvalue weighted by Gasteiger charge is -2.16. The third-order valence-electron chi connectivity index (χ3n) is 3.29. The molecule has 0 radical (unpaired) electrons. The number of rotatable bonds is 3. The molecule has 0 saturated carbocycles. The molecule has 0 amide bonds. The van der Waals surface area contributed by atoms with Gasteiger partial charge in [-0.05, 0) is 30.9 Å². The Morgan fingerprint density at radius 1 is 1.59 bits per heavy atom. The quantitative estimate of drug-likeness (QED) is 0.802. The zero-order valence-electron chi connectivity index (χ0n) is 9.77. The molecule has 94 valence electrons. The van der Waals surface area contributed by atoms with Crippen LogP contribution >= 0.6 is 15.9 Å². The first-order chi connectivity index (χ1) is 7.98. The molecular formula is C12H16BrNO2S. The van der Waals surface area contributed by atoms with Crippen LogP contribution in [-0.4, -0.2) is 29.7 Å². The van der Waals surface area contributed by atoms with E-state index in [2.05, 4.69) is 20.9 Å². The zero-order valence-corrected chi connectivity index (χ0v) is 12.2. The summed E-state index contributed by atoms with van der Waals surface area (Å²) in [5.74, 6) is 0.872. The lowest BCUT2D eigenvalue weighted by molar-refractivity contribution is 0.559. The van der Waals surface area contributed by atoms with Crippen LogP contribution in [0.3, 0.4) is 0 Å². The number of hydrogen-bond acceptors (Lipinski definition) is 3. The van der Waals surface area contributed by atoms with Crippen LogP contribution in [0.25, 0.3) is 0 Å². The van der Waals surface area contributed by atoms with Gasteiger partial charge in [-0.15, -0.1) is 0 Å². The van der Waals surface area contributed by atoms with E-state index in [9.17, 15) is 8.42 Å². The Morgan fingerprint density at radius 2 is 2.35 bits per heavy atom. The molecule has 1 aromatic heterocycles. The first-order valence-electron chi connectivity index (χ1n) is 5.73. The van der Waals surface area contributed by atoms with Crippen LogP contribution < -0.4 is 0 Å². The van der Waals surface area contributed by atoms with E-state index in [0.29, 0.717) is 11.5 Å². The van der Waals surface area contributed by atoms with E-state index in [4.69, 9.17) is 0 Å². The number of nitrogens with zero attached hydrogens (tertiary/aromatic N) is 1. The summed E-state index contributed by atoms with van der Waals surface area (Å²) in [6, 6.07) is 3.95. The van der Waals surface area contributed by atoms with Gasteiger partial charge in [0.2, 0.25) is 0 Å². The van der Waals surface area contributed by atoms with Gasteiger partial charge in [0.05, 0.1) is 11.5 Å². The molecule has 2 heterocycles. The normalized spacial score (nSPS) is 24.7. The van der Waals surface area contributed by atoms with Gasteiger partial charge in [-0.2, -0.15) is 0 Å². The van der Waals surface area contributed by atoms with Crippen molar-refractivity contribution < 1.29 is 8.42 Å². The van der Waals surface area contributed by atoms with Crippen LogP contribution in [0.4, 0.5) is 0 Å². The largest absolute Gasteiger partial charge is 0.261 e. The van der Waals surface area contributed by atoms with Crippen LogP contribution in [0, 0.1) is 12.8 Å². The molecule has 2 atom stereocenters. The highest BCUT2D eigenvalue weighted by atomic mass is 79.9. The molecule has 3 nitrogen and oxygen atoms in total. The number of pyridine rings is 1. The molecule has 2 rings (SSSR count). The Kier molecular flexibility index (Phi) is 3.88. The number of sulfone groups is 1. The molecule has 2 unspecified atom stereocenters. The molecule has 17 heavy (non-hydrogen) atoms. The summed E-state index contributed by atoms with van der Waals surface area (Å²) in [5, 5.41) is 0. The van der Waals surface area contributed by atoms with E-state index in [1.165, 1.54) is 0 Å². The first-order valence-corrected chi connectivity index (χ1v) is 8.46. The number of halogens is 1. The molecule has 1 aromatic rings. The lowest BCUT2D eigenvalue weighted by atomic mass is 10.00. The van der Waals surface area contributed by atoms with Crippen LogP contribution in [0.2, 0.25) is 0 Å². The molecule has 0 aromatic carbocycles. The summed E-state index contributed by atoms with van der Waals surface area (Å²) in [6.45, 7) is 2.04. The zero-order chi connectivity index (χ0) is 12.5. The number of aromatic nitrogens is 1. The van der Waals surface area contributed by atoms with Crippen molar-refractivity contribution in [3.8, 4) is 0 Å². The molecule has 0 bridgehead atoms. The van der Waals surface area contributed by atoms with Gasteiger partial charge in [-0.1, -0.05) is 22.0 Å². The molecule has 0 aliphatic carbocycles. The Hall–Kier alpha value is -0.420. The minimum absolute atomic E-state index is 0.202. The van der Waals surface area contributed by atoms with Crippen molar-refractivity contribution in [3.05, 3.63) is 29.6 Å². The fourth-order valence-corrected chi connectivity index (χ4v) is 5.08. The molecule has 1 aliphatic heterocycles. The summed E-state index contributed by atoms with van der Waals surface area (Å²) in [6.07, 6.45) is 3.35. The van der Waals surface area contributed by atoms with Crippen molar-refractivity contribution in [2.45, 2.75) is 24.6 Å². The van der Waals surface area contributed by atoms with Gasteiger partial charge in [0.15, 0.2) is 9.84 Å². The second-order valence-corrected chi connectivity index (χ2v) is 8.06. The number of hydrogen-bond donors (Lipinski definition) is 0.